The van der Waals surface area contributed by atoms with Gasteiger partial charge in [0, 0.05) is 12.2 Å². The first-order valence-electron chi connectivity index (χ1n) is 9.12. The Hall–Kier alpha value is -2.93. The number of benzene rings is 2. The van der Waals surface area contributed by atoms with Gasteiger partial charge in [-0.15, -0.1) is 0 Å². The first-order valence-corrected chi connectivity index (χ1v) is 9.49. The number of nitrogens with zero attached hydrogens (tertiary/aromatic N) is 1. The number of nitrogens with one attached hydrogen (secondary N) is 1. The summed E-state index contributed by atoms with van der Waals surface area (Å²) in [5, 5.41) is 3.52. The van der Waals surface area contributed by atoms with E-state index >= 15 is 0 Å². The van der Waals surface area contributed by atoms with Gasteiger partial charge in [-0.25, -0.2) is 0 Å². The predicted molar refractivity (Wildman–Crippen MR) is 110 cm³/mol. The van der Waals surface area contributed by atoms with Crippen molar-refractivity contribution in [1.29, 1.82) is 0 Å². The number of hydrogen-bond acceptors (Lipinski definition) is 6. The zero-order valence-electron chi connectivity index (χ0n) is 16.5. The summed E-state index contributed by atoms with van der Waals surface area (Å²) in [6.07, 6.45) is 0.632. The summed E-state index contributed by atoms with van der Waals surface area (Å²) >= 11 is 6.13. The van der Waals surface area contributed by atoms with Crippen LogP contribution in [-0.4, -0.2) is 50.6 Å². The second kappa shape index (κ2) is 9.05. The van der Waals surface area contributed by atoms with Gasteiger partial charge in [-0.05, 0) is 42.3 Å². The molecule has 1 atom stereocenters. The van der Waals surface area contributed by atoms with E-state index in [9.17, 15) is 9.59 Å². The molecule has 1 saturated heterocycles. The third kappa shape index (κ3) is 4.56. The lowest BCUT2D eigenvalue weighted by Gasteiger charge is -2.17. The van der Waals surface area contributed by atoms with Crippen LogP contribution in [0.2, 0.25) is 5.02 Å². The van der Waals surface area contributed by atoms with E-state index < -0.39 is 6.04 Å². The summed E-state index contributed by atoms with van der Waals surface area (Å²) in [6, 6.07) is 10.1. The Labute approximate surface area is 174 Å². The van der Waals surface area contributed by atoms with Crippen molar-refractivity contribution < 1.29 is 23.8 Å². The van der Waals surface area contributed by atoms with Gasteiger partial charge in [0.25, 0.3) is 5.91 Å². The van der Waals surface area contributed by atoms with Gasteiger partial charge >= 0.3 is 0 Å². The van der Waals surface area contributed by atoms with Crippen LogP contribution in [-0.2, 0) is 16.0 Å². The molecule has 1 aliphatic rings. The summed E-state index contributed by atoms with van der Waals surface area (Å²) in [4.78, 5) is 26.4. The van der Waals surface area contributed by atoms with Gasteiger partial charge < -0.3 is 19.5 Å². The lowest BCUT2D eigenvalue weighted by molar-refractivity contribution is -0.138. The molecule has 1 N–H and O–H groups in total. The molecule has 0 radical (unpaired) electrons. The monoisotopic (exact) mass is 418 g/mol. The zero-order valence-corrected chi connectivity index (χ0v) is 17.3. The number of rotatable bonds is 8. The molecule has 3 rings (SSSR count). The molecule has 1 aliphatic heterocycles. The number of carbonyl (C=O) groups excluding carboxylic acids is 2. The molecule has 1 heterocycles. The van der Waals surface area contributed by atoms with E-state index in [1.165, 1.54) is 12.0 Å². The molecule has 8 heteroatoms. The average molecular weight is 419 g/mol. The largest absolute Gasteiger partial charge is 0.495 e. The number of ether oxygens (including phenoxy) is 3. The van der Waals surface area contributed by atoms with E-state index in [2.05, 4.69) is 5.32 Å². The lowest BCUT2D eigenvalue weighted by Crippen LogP contribution is -2.36. The first-order chi connectivity index (χ1) is 14.0. The predicted octanol–water partition coefficient (Wildman–Crippen LogP) is 3.15. The van der Waals surface area contributed by atoms with Crippen molar-refractivity contribution in [2.75, 3.05) is 33.2 Å². The van der Waals surface area contributed by atoms with Crippen molar-refractivity contribution in [3.8, 4) is 17.2 Å². The number of anilines is 1. The van der Waals surface area contributed by atoms with Crippen LogP contribution in [0.5, 0.6) is 17.2 Å². The molecule has 7 nitrogen and oxygen atoms in total. The molecule has 2 aromatic carbocycles. The Bertz CT molecular complexity index is 918. The third-order valence-electron chi connectivity index (χ3n) is 4.81. The molecule has 29 heavy (non-hydrogen) atoms. The number of amides is 2. The van der Waals surface area contributed by atoms with Crippen LogP contribution in [0.4, 0.5) is 5.69 Å². The van der Waals surface area contributed by atoms with Gasteiger partial charge in [0.15, 0.2) is 11.5 Å². The van der Waals surface area contributed by atoms with E-state index in [0.29, 0.717) is 40.9 Å². The van der Waals surface area contributed by atoms with Gasteiger partial charge in [0.1, 0.15) is 11.8 Å². The maximum Gasteiger partial charge on any atom is 0.252 e. The SMILES string of the molecule is COc1ccc(N[C@H]2CC(=O)N(CCc3ccc(OC)c(OC)c3)C2=O)cc1Cl. The Kier molecular flexibility index (Phi) is 6.49. The van der Waals surface area contributed by atoms with Crippen LogP contribution in [0, 0.1) is 0 Å². The molecule has 1 fully saturated rings. The van der Waals surface area contributed by atoms with Crippen molar-refractivity contribution in [2.45, 2.75) is 18.9 Å². The smallest absolute Gasteiger partial charge is 0.252 e. The molecular formula is C21H23ClN2O5. The fraction of sp³-hybridized carbons (Fsp3) is 0.333. The summed E-state index contributed by atoms with van der Waals surface area (Å²) in [7, 11) is 4.67. The van der Waals surface area contributed by atoms with E-state index in [-0.39, 0.29) is 18.2 Å². The molecule has 0 saturated carbocycles. The molecule has 2 aromatic rings. The molecule has 0 spiro atoms. The van der Waals surface area contributed by atoms with Crippen molar-refractivity contribution in [2.24, 2.45) is 0 Å². The quantitative estimate of drug-likeness (QED) is 0.663. The molecule has 154 valence electrons. The fourth-order valence-electron chi connectivity index (χ4n) is 3.27. The van der Waals surface area contributed by atoms with Crippen LogP contribution in [0.25, 0.3) is 0 Å². The highest BCUT2D eigenvalue weighted by molar-refractivity contribution is 6.32. The van der Waals surface area contributed by atoms with E-state index in [4.69, 9.17) is 25.8 Å². The highest BCUT2D eigenvalue weighted by atomic mass is 35.5. The van der Waals surface area contributed by atoms with Crippen molar-refractivity contribution in [3.63, 3.8) is 0 Å². The summed E-state index contributed by atoms with van der Waals surface area (Å²) in [6.45, 7) is 0.300. The van der Waals surface area contributed by atoms with Crippen molar-refractivity contribution in [3.05, 3.63) is 47.0 Å². The molecule has 0 aliphatic carbocycles. The molecule has 0 unspecified atom stereocenters. The minimum Gasteiger partial charge on any atom is -0.495 e. The average Bonchev–Trinajstić information content (AvgIpc) is 2.98. The normalized spacial score (nSPS) is 16.1. The number of carbonyl (C=O) groups is 2. The zero-order chi connectivity index (χ0) is 21.0. The van der Waals surface area contributed by atoms with Crippen molar-refractivity contribution in [1.82, 2.24) is 4.90 Å². The summed E-state index contributed by atoms with van der Waals surface area (Å²) < 4.78 is 15.7. The van der Waals surface area contributed by atoms with Crippen LogP contribution in [0.1, 0.15) is 12.0 Å². The van der Waals surface area contributed by atoms with E-state index in [1.54, 1.807) is 38.5 Å². The van der Waals surface area contributed by atoms with E-state index in [1.807, 2.05) is 12.1 Å². The minimum atomic E-state index is -0.614. The Morgan fingerprint density at radius 2 is 1.69 bits per heavy atom. The summed E-state index contributed by atoms with van der Waals surface area (Å²) in [5.41, 5.74) is 1.60. The standard InChI is InChI=1S/C21H23ClN2O5/c1-27-17-7-5-14(11-15(17)22)23-16-12-20(25)24(21(16)26)9-8-13-4-6-18(28-2)19(10-13)29-3/h4-7,10-11,16,23H,8-9,12H2,1-3H3/t16-/m0/s1. The van der Waals surface area contributed by atoms with Crippen LogP contribution < -0.4 is 19.5 Å². The summed E-state index contributed by atoms with van der Waals surface area (Å²) in [5.74, 6) is 1.34. The van der Waals surface area contributed by atoms with Gasteiger partial charge in [0.05, 0.1) is 32.8 Å². The van der Waals surface area contributed by atoms with Gasteiger partial charge in [-0.3, -0.25) is 14.5 Å². The number of halogens is 1. The minimum absolute atomic E-state index is 0.106. The van der Waals surface area contributed by atoms with Crippen LogP contribution >= 0.6 is 11.6 Å². The van der Waals surface area contributed by atoms with Crippen LogP contribution in [0.15, 0.2) is 36.4 Å². The fourth-order valence-corrected chi connectivity index (χ4v) is 3.52. The third-order valence-corrected chi connectivity index (χ3v) is 5.10. The van der Waals surface area contributed by atoms with E-state index in [0.717, 1.165) is 5.56 Å². The highest BCUT2D eigenvalue weighted by Crippen LogP contribution is 2.30. The van der Waals surface area contributed by atoms with Crippen LogP contribution in [0.3, 0.4) is 0 Å². The number of imide groups is 1. The molecule has 0 bridgehead atoms. The molecule has 0 aromatic heterocycles. The lowest BCUT2D eigenvalue weighted by atomic mass is 10.1. The Morgan fingerprint density at radius 3 is 2.34 bits per heavy atom. The topological polar surface area (TPSA) is 77.1 Å². The van der Waals surface area contributed by atoms with Gasteiger partial charge in [-0.1, -0.05) is 17.7 Å². The number of methoxy groups -OCH3 is 3. The Balaban J connectivity index is 1.64. The molecule has 2 amide bonds. The Morgan fingerprint density at radius 1 is 1.00 bits per heavy atom. The van der Waals surface area contributed by atoms with Crippen molar-refractivity contribution >= 4 is 29.1 Å². The second-order valence-corrected chi connectivity index (χ2v) is 6.98. The first kappa shape index (κ1) is 20.8. The molecular weight excluding hydrogens is 396 g/mol. The number of likely N-dealkylation sites (tertiary alicyclic amines) is 1. The van der Waals surface area contributed by atoms with Gasteiger partial charge in [0.2, 0.25) is 5.91 Å². The highest BCUT2D eigenvalue weighted by Gasteiger charge is 2.38. The maximum absolute atomic E-state index is 12.7. The maximum atomic E-state index is 12.7. The van der Waals surface area contributed by atoms with Gasteiger partial charge in [-0.2, -0.15) is 0 Å². The second-order valence-electron chi connectivity index (χ2n) is 6.57. The number of hydrogen-bond donors (Lipinski definition) is 1.